The van der Waals surface area contributed by atoms with Crippen LogP contribution in [0, 0.1) is 11.7 Å². The van der Waals surface area contributed by atoms with Gasteiger partial charge in [0.1, 0.15) is 11.6 Å². The predicted octanol–water partition coefficient (Wildman–Crippen LogP) is 4.22. The van der Waals surface area contributed by atoms with Crippen molar-refractivity contribution in [1.29, 1.82) is 0 Å². The number of aromatic nitrogens is 3. The Morgan fingerprint density at radius 1 is 1.24 bits per heavy atom. The van der Waals surface area contributed by atoms with Gasteiger partial charge in [-0.05, 0) is 12.1 Å². The number of aromatic amines is 1. The molecule has 0 fully saturated rings. The van der Waals surface area contributed by atoms with Gasteiger partial charge in [0.2, 0.25) is 5.91 Å². The van der Waals surface area contributed by atoms with Crippen molar-refractivity contribution in [2.45, 2.75) is 20.4 Å². The molecule has 0 aliphatic heterocycles. The molecule has 1 amide bonds. The zero-order valence-electron chi connectivity index (χ0n) is 15.6. The van der Waals surface area contributed by atoms with Crippen molar-refractivity contribution in [2.75, 3.05) is 0 Å². The largest absolute Gasteiger partial charge is 0.352 e. The second-order valence-electron chi connectivity index (χ2n) is 6.64. The highest BCUT2D eigenvalue weighted by molar-refractivity contribution is 6.33. The van der Waals surface area contributed by atoms with Crippen molar-refractivity contribution in [3.63, 3.8) is 0 Å². The maximum absolute atomic E-state index is 15.2. The van der Waals surface area contributed by atoms with Gasteiger partial charge in [-0.25, -0.2) is 9.37 Å². The highest BCUT2D eigenvalue weighted by Gasteiger charge is 2.18. The van der Waals surface area contributed by atoms with Crippen LogP contribution in [0.15, 0.2) is 41.5 Å². The van der Waals surface area contributed by atoms with Crippen LogP contribution in [-0.2, 0) is 11.3 Å². The molecule has 0 atom stereocenters. The van der Waals surface area contributed by atoms with Crippen molar-refractivity contribution < 1.29 is 9.18 Å². The van der Waals surface area contributed by atoms with Crippen LogP contribution in [0.3, 0.4) is 0 Å². The fourth-order valence-electron chi connectivity index (χ4n) is 2.61. The molecule has 9 heteroatoms. The Morgan fingerprint density at radius 2 is 2.00 bits per heavy atom. The summed E-state index contributed by atoms with van der Waals surface area (Å²) in [6.07, 6.45) is 2.94. The standard InChI is InChI=1S/C20H17Cl2FN4O2/c1-10(2)20(29)25-8-11-3-4-14(22)17(18(11)23)19-26-15(6-16(28)27-19)12-5-13(21)9-24-7-12/h3-7,9-10H,8H2,1-2H3,(H,25,29)(H,26,27,28). The minimum absolute atomic E-state index is 0.0187. The molecule has 3 aromatic rings. The molecule has 150 valence electrons. The highest BCUT2D eigenvalue weighted by Crippen LogP contribution is 2.31. The van der Waals surface area contributed by atoms with Crippen molar-refractivity contribution in [3.8, 4) is 22.6 Å². The number of halogens is 3. The zero-order valence-corrected chi connectivity index (χ0v) is 17.1. The van der Waals surface area contributed by atoms with E-state index in [2.05, 4.69) is 20.3 Å². The molecule has 2 aromatic heterocycles. The third-order valence-electron chi connectivity index (χ3n) is 4.13. The molecule has 6 nitrogen and oxygen atoms in total. The molecule has 2 heterocycles. The van der Waals surface area contributed by atoms with Gasteiger partial charge < -0.3 is 10.3 Å². The second-order valence-corrected chi connectivity index (χ2v) is 7.48. The summed E-state index contributed by atoms with van der Waals surface area (Å²) in [5, 5.41) is 3.10. The number of hydrogen-bond donors (Lipinski definition) is 2. The van der Waals surface area contributed by atoms with E-state index in [1.54, 1.807) is 19.9 Å². The summed E-state index contributed by atoms with van der Waals surface area (Å²) in [6, 6.07) is 5.82. The van der Waals surface area contributed by atoms with Crippen LogP contribution in [0.2, 0.25) is 10.0 Å². The third kappa shape index (κ3) is 4.81. The number of nitrogens with zero attached hydrogens (tertiary/aromatic N) is 2. The maximum Gasteiger partial charge on any atom is 0.251 e. The van der Waals surface area contributed by atoms with E-state index in [9.17, 15) is 9.59 Å². The number of nitrogens with one attached hydrogen (secondary N) is 2. The minimum Gasteiger partial charge on any atom is -0.352 e. The van der Waals surface area contributed by atoms with Crippen molar-refractivity contribution in [1.82, 2.24) is 20.3 Å². The Balaban J connectivity index is 2.05. The molecule has 3 rings (SSSR count). The zero-order chi connectivity index (χ0) is 21.1. The number of pyridine rings is 1. The fourth-order valence-corrected chi connectivity index (χ4v) is 3.02. The number of carbonyl (C=O) groups excluding carboxylic acids is 1. The normalized spacial score (nSPS) is 11.0. The van der Waals surface area contributed by atoms with Crippen LogP contribution in [0.25, 0.3) is 22.6 Å². The maximum atomic E-state index is 15.2. The molecule has 0 bridgehead atoms. The lowest BCUT2D eigenvalue weighted by Crippen LogP contribution is -2.27. The molecular formula is C20H17Cl2FN4O2. The van der Waals surface area contributed by atoms with E-state index >= 15 is 4.39 Å². The van der Waals surface area contributed by atoms with Crippen molar-refractivity contribution in [2.24, 2.45) is 5.92 Å². The quantitative estimate of drug-likeness (QED) is 0.629. The van der Waals surface area contributed by atoms with E-state index in [0.717, 1.165) is 0 Å². The summed E-state index contributed by atoms with van der Waals surface area (Å²) in [7, 11) is 0. The SMILES string of the molecule is CC(C)C(=O)NCc1ccc(Cl)c(-c2nc(-c3cncc(Cl)c3)cc(=O)[nH]2)c1F. The van der Waals surface area contributed by atoms with Crippen molar-refractivity contribution in [3.05, 3.63) is 68.4 Å². The summed E-state index contributed by atoms with van der Waals surface area (Å²) in [6.45, 7) is 3.46. The monoisotopic (exact) mass is 434 g/mol. The number of rotatable bonds is 5. The molecule has 0 saturated carbocycles. The first-order valence-electron chi connectivity index (χ1n) is 8.73. The van der Waals surface area contributed by atoms with Crippen LogP contribution >= 0.6 is 23.2 Å². The molecular weight excluding hydrogens is 418 g/mol. The molecule has 1 aromatic carbocycles. The molecule has 0 aliphatic carbocycles. The number of H-pyrrole nitrogens is 1. The van der Waals surface area contributed by atoms with Gasteiger partial charge in [0.15, 0.2) is 0 Å². The fraction of sp³-hybridized carbons (Fsp3) is 0.200. The lowest BCUT2D eigenvalue weighted by atomic mass is 10.1. The lowest BCUT2D eigenvalue weighted by Gasteiger charge is -2.12. The Morgan fingerprint density at radius 3 is 2.69 bits per heavy atom. The van der Waals surface area contributed by atoms with Crippen LogP contribution in [0.5, 0.6) is 0 Å². The number of hydrogen-bond acceptors (Lipinski definition) is 4. The topological polar surface area (TPSA) is 87.7 Å². The van der Waals surface area contributed by atoms with E-state index in [0.29, 0.717) is 10.6 Å². The van der Waals surface area contributed by atoms with Gasteiger partial charge in [-0.15, -0.1) is 0 Å². The molecule has 0 aliphatic rings. The van der Waals surface area contributed by atoms with Crippen LogP contribution in [-0.4, -0.2) is 20.9 Å². The van der Waals surface area contributed by atoms with Gasteiger partial charge in [-0.1, -0.05) is 43.1 Å². The molecule has 0 unspecified atom stereocenters. The summed E-state index contributed by atoms with van der Waals surface area (Å²) in [4.78, 5) is 34.8. The summed E-state index contributed by atoms with van der Waals surface area (Å²) in [5.74, 6) is -1.15. The van der Waals surface area contributed by atoms with E-state index in [4.69, 9.17) is 23.2 Å². The van der Waals surface area contributed by atoms with E-state index in [-0.39, 0.29) is 46.0 Å². The van der Waals surface area contributed by atoms with Crippen LogP contribution < -0.4 is 10.9 Å². The molecule has 0 saturated heterocycles. The molecule has 29 heavy (non-hydrogen) atoms. The van der Waals surface area contributed by atoms with Gasteiger partial charge in [-0.2, -0.15) is 0 Å². The number of benzene rings is 1. The lowest BCUT2D eigenvalue weighted by molar-refractivity contribution is -0.124. The average molecular weight is 435 g/mol. The minimum atomic E-state index is -0.675. The smallest absolute Gasteiger partial charge is 0.251 e. The molecule has 0 radical (unpaired) electrons. The number of carbonyl (C=O) groups is 1. The van der Waals surface area contributed by atoms with Gasteiger partial charge >= 0.3 is 0 Å². The average Bonchev–Trinajstić information content (AvgIpc) is 2.66. The first-order valence-corrected chi connectivity index (χ1v) is 9.49. The first-order chi connectivity index (χ1) is 13.8. The third-order valence-corrected chi connectivity index (χ3v) is 4.65. The van der Waals surface area contributed by atoms with E-state index < -0.39 is 11.4 Å². The predicted molar refractivity (Wildman–Crippen MR) is 110 cm³/mol. The molecule has 2 N–H and O–H groups in total. The van der Waals surface area contributed by atoms with Gasteiger partial charge in [0.25, 0.3) is 5.56 Å². The second kappa shape index (κ2) is 8.71. The van der Waals surface area contributed by atoms with E-state index in [1.807, 2.05) is 0 Å². The Hall–Kier alpha value is -2.77. The van der Waals surface area contributed by atoms with Gasteiger partial charge in [0.05, 0.1) is 21.3 Å². The highest BCUT2D eigenvalue weighted by atomic mass is 35.5. The van der Waals surface area contributed by atoms with Crippen LogP contribution in [0.1, 0.15) is 19.4 Å². The molecule has 0 spiro atoms. The summed E-state index contributed by atoms with van der Waals surface area (Å²) >= 11 is 12.2. The van der Waals surface area contributed by atoms with Crippen molar-refractivity contribution >= 4 is 29.1 Å². The van der Waals surface area contributed by atoms with Crippen LogP contribution in [0.4, 0.5) is 4.39 Å². The Kier molecular flexibility index (Phi) is 6.30. The van der Waals surface area contributed by atoms with Gasteiger partial charge in [0, 0.05) is 42.0 Å². The first kappa shape index (κ1) is 21.0. The van der Waals surface area contributed by atoms with E-state index in [1.165, 1.54) is 30.6 Å². The number of amides is 1. The summed E-state index contributed by atoms with van der Waals surface area (Å²) < 4.78 is 15.2. The van der Waals surface area contributed by atoms with Gasteiger partial charge in [-0.3, -0.25) is 14.6 Å². The summed E-state index contributed by atoms with van der Waals surface area (Å²) in [5.41, 5.74) is 0.446. The Bertz CT molecular complexity index is 1130. The Labute approximate surface area is 176 Å².